The van der Waals surface area contributed by atoms with Gasteiger partial charge >= 0.3 is 0 Å². The highest BCUT2D eigenvalue weighted by atomic mass is 35.5. The van der Waals surface area contributed by atoms with Crippen LogP contribution in [0.2, 0.25) is 5.02 Å². The molecule has 0 radical (unpaired) electrons. The van der Waals surface area contributed by atoms with Gasteiger partial charge in [0.15, 0.2) is 0 Å². The molecule has 2 atom stereocenters. The molecule has 2 aromatic carbocycles. The Bertz CT molecular complexity index is 674. The molecule has 1 heterocycles. The summed E-state index contributed by atoms with van der Waals surface area (Å²) in [4.78, 5) is 0. The van der Waals surface area contributed by atoms with Crippen LogP contribution in [0.1, 0.15) is 29.7 Å². The fourth-order valence-electron chi connectivity index (χ4n) is 2.86. The maximum absolute atomic E-state index is 13.2. The molecule has 0 saturated heterocycles. The summed E-state index contributed by atoms with van der Waals surface area (Å²) in [5.74, 6) is 0.626. The van der Waals surface area contributed by atoms with Gasteiger partial charge < -0.3 is 10.1 Å². The molecule has 2 unspecified atom stereocenters. The molecule has 0 bridgehead atoms. The molecule has 1 aliphatic heterocycles. The van der Waals surface area contributed by atoms with Gasteiger partial charge in [-0.25, -0.2) is 4.39 Å². The average molecular weight is 306 g/mol. The second-order valence-electron chi connectivity index (χ2n) is 5.39. The average Bonchev–Trinajstić information content (AvgIpc) is 2.81. The first kappa shape index (κ1) is 14.4. The zero-order valence-electron chi connectivity index (χ0n) is 12.0. The highest BCUT2D eigenvalue weighted by Crippen LogP contribution is 2.34. The first-order valence-electron chi connectivity index (χ1n) is 7.00. The lowest BCUT2D eigenvalue weighted by Crippen LogP contribution is -2.18. The fraction of sp³-hybridized carbons (Fsp3) is 0.294. The van der Waals surface area contributed by atoms with Crippen molar-refractivity contribution < 1.29 is 9.13 Å². The van der Waals surface area contributed by atoms with Crippen LogP contribution in [0.3, 0.4) is 0 Å². The van der Waals surface area contributed by atoms with E-state index in [2.05, 4.69) is 18.3 Å². The number of halogens is 2. The van der Waals surface area contributed by atoms with E-state index in [4.69, 9.17) is 16.3 Å². The van der Waals surface area contributed by atoms with E-state index in [0.717, 1.165) is 23.3 Å². The molecule has 1 aliphatic rings. The first-order valence-corrected chi connectivity index (χ1v) is 7.38. The standard InChI is InChI=1S/C17H17ClFNO/c1-10-7-12-8-11(3-6-16(12)21-10)17(20-2)14-5-4-13(19)9-15(14)18/h3-6,8-10,17,20H,7H2,1-2H3. The monoisotopic (exact) mass is 305 g/mol. The third-order valence-corrected chi connectivity index (χ3v) is 4.14. The summed E-state index contributed by atoms with van der Waals surface area (Å²) in [5, 5.41) is 3.68. The van der Waals surface area contributed by atoms with Gasteiger partial charge in [0.25, 0.3) is 0 Å². The second kappa shape index (κ2) is 5.66. The number of hydrogen-bond donors (Lipinski definition) is 1. The minimum absolute atomic E-state index is 0.0701. The van der Waals surface area contributed by atoms with Gasteiger partial charge in [0, 0.05) is 11.4 Å². The van der Waals surface area contributed by atoms with Gasteiger partial charge in [0.05, 0.1) is 6.04 Å². The van der Waals surface area contributed by atoms with Crippen LogP contribution in [0.25, 0.3) is 0 Å². The summed E-state index contributed by atoms with van der Waals surface area (Å²) < 4.78 is 18.9. The maximum Gasteiger partial charge on any atom is 0.124 e. The Morgan fingerprint density at radius 3 is 2.81 bits per heavy atom. The molecule has 0 aliphatic carbocycles. The summed E-state index contributed by atoms with van der Waals surface area (Å²) >= 11 is 6.19. The first-order chi connectivity index (χ1) is 10.1. The van der Waals surface area contributed by atoms with E-state index < -0.39 is 0 Å². The van der Waals surface area contributed by atoms with Crippen molar-refractivity contribution >= 4 is 11.6 Å². The van der Waals surface area contributed by atoms with Crippen molar-refractivity contribution in [1.29, 1.82) is 0 Å². The summed E-state index contributed by atoms with van der Waals surface area (Å²) in [6.07, 6.45) is 1.13. The Kier molecular flexibility index (Phi) is 3.87. The Morgan fingerprint density at radius 1 is 1.29 bits per heavy atom. The van der Waals surface area contributed by atoms with E-state index in [-0.39, 0.29) is 18.0 Å². The van der Waals surface area contributed by atoms with E-state index in [0.29, 0.717) is 5.02 Å². The lowest BCUT2D eigenvalue weighted by Gasteiger charge is -2.19. The quantitative estimate of drug-likeness (QED) is 0.921. The van der Waals surface area contributed by atoms with E-state index in [1.54, 1.807) is 6.07 Å². The van der Waals surface area contributed by atoms with Crippen molar-refractivity contribution in [2.24, 2.45) is 0 Å². The molecule has 2 nitrogen and oxygen atoms in total. The van der Waals surface area contributed by atoms with Crippen LogP contribution in [0.15, 0.2) is 36.4 Å². The molecular weight excluding hydrogens is 289 g/mol. The van der Waals surface area contributed by atoms with Crippen LogP contribution in [-0.4, -0.2) is 13.2 Å². The third kappa shape index (κ3) is 2.76. The third-order valence-electron chi connectivity index (χ3n) is 3.82. The largest absolute Gasteiger partial charge is 0.490 e. The van der Waals surface area contributed by atoms with Gasteiger partial charge in [0.2, 0.25) is 0 Å². The number of hydrogen-bond acceptors (Lipinski definition) is 2. The van der Waals surface area contributed by atoms with Crippen LogP contribution in [-0.2, 0) is 6.42 Å². The summed E-state index contributed by atoms with van der Waals surface area (Å²) in [6.45, 7) is 2.06. The maximum atomic E-state index is 13.2. The predicted molar refractivity (Wildman–Crippen MR) is 82.5 cm³/mol. The predicted octanol–water partition coefficient (Wildman–Crippen LogP) is 4.11. The van der Waals surface area contributed by atoms with Crippen LogP contribution in [0, 0.1) is 5.82 Å². The van der Waals surface area contributed by atoms with Crippen molar-refractivity contribution in [1.82, 2.24) is 5.32 Å². The molecule has 0 spiro atoms. The van der Waals surface area contributed by atoms with Crippen LogP contribution in [0.5, 0.6) is 5.75 Å². The fourth-order valence-corrected chi connectivity index (χ4v) is 3.14. The van der Waals surface area contributed by atoms with Crippen molar-refractivity contribution in [2.75, 3.05) is 7.05 Å². The van der Waals surface area contributed by atoms with E-state index >= 15 is 0 Å². The van der Waals surface area contributed by atoms with E-state index in [1.807, 2.05) is 19.2 Å². The molecular formula is C17H17ClFNO. The highest BCUT2D eigenvalue weighted by molar-refractivity contribution is 6.31. The highest BCUT2D eigenvalue weighted by Gasteiger charge is 2.22. The normalized spacial score (nSPS) is 18.2. The number of ether oxygens (including phenoxy) is 1. The minimum atomic E-state index is -0.324. The molecule has 0 amide bonds. The number of benzene rings is 2. The van der Waals surface area contributed by atoms with Crippen LogP contribution in [0.4, 0.5) is 4.39 Å². The van der Waals surface area contributed by atoms with Crippen molar-refractivity contribution in [3.8, 4) is 5.75 Å². The van der Waals surface area contributed by atoms with Gasteiger partial charge in [-0.3, -0.25) is 0 Å². The van der Waals surface area contributed by atoms with Gasteiger partial charge in [-0.15, -0.1) is 0 Å². The number of nitrogens with one attached hydrogen (secondary N) is 1. The van der Waals surface area contributed by atoms with E-state index in [9.17, 15) is 4.39 Å². The summed E-state index contributed by atoms with van der Waals surface area (Å²) in [5.41, 5.74) is 3.17. The van der Waals surface area contributed by atoms with Gasteiger partial charge in [-0.1, -0.05) is 29.8 Å². The smallest absolute Gasteiger partial charge is 0.124 e. The molecule has 0 fully saturated rings. The van der Waals surface area contributed by atoms with Gasteiger partial charge in [0.1, 0.15) is 17.7 Å². The Morgan fingerprint density at radius 2 is 2.10 bits per heavy atom. The lowest BCUT2D eigenvalue weighted by molar-refractivity contribution is 0.254. The minimum Gasteiger partial charge on any atom is -0.490 e. The topological polar surface area (TPSA) is 21.3 Å². The molecule has 0 aromatic heterocycles. The molecule has 21 heavy (non-hydrogen) atoms. The molecule has 1 N–H and O–H groups in total. The van der Waals surface area contributed by atoms with Crippen LogP contribution >= 0.6 is 11.6 Å². The van der Waals surface area contributed by atoms with Crippen LogP contribution < -0.4 is 10.1 Å². The van der Waals surface area contributed by atoms with E-state index in [1.165, 1.54) is 17.7 Å². The molecule has 0 saturated carbocycles. The summed E-state index contributed by atoms with van der Waals surface area (Å²) in [7, 11) is 1.87. The van der Waals surface area contributed by atoms with Crippen molar-refractivity contribution in [3.05, 3.63) is 63.9 Å². The molecule has 2 aromatic rings. The number of rotatable bonds is 3. The molecule has 110 valence electrons. The van der Waals surface area contributed by atoms with Gasteiger partial charge in [-0.2, -0.15) is 0 Å². The zero-order chi connectivity index (χ0) is 15.0. The number of fused-ring (bicyclic) bond motifs is 1. The molecule has 3 rings (SSSR count). The zero-order valence-corrected chi connectivity index (χ0v) is 12.7. The Hall–Kier alpha value is -1.58. The van der Waals surface area contributed by atoms with Gasteiger partial charge in [-0.05, 0) is 48.9 Å². The Labute approximate surface area is 128 Å². The summed E-state index contributed by atoms with van der Waals surface area (Å²) in [6, 6.07) is 10.6. The molecule has 4 heteroatoms. The van der Waals surface area contributed by atoms with Crippen molar-refractivity contribution in [2.45, 2.75) is 25.5 Å². The Balaban J connectivity index is 1.99. The SMILES string of the molecule is CNC(c1ccc2c(c1)CC(C)O2)c1ccc(F)cc1Cl. The lowest BCUT2D eigenvalue weighted by atomic mass is 9.96. The second-order valence-corrected chi connectivity index (χ2v) is 5.79. The van der Waals surface area contributed by atoms with Crippen molar-refractivity contribution in [3.63, 3.8) is 0 Å².